The SMILES string of the molecule is O=C(NCCc1nc2ccccc2s1)c1ccc(CN2CCCC2=O)cc1. The van der Waals surface area contributed by atoms with Crippen LogP contribution in [0.4, 0.5) is 0 Å². The molecule has 3 aromatic rings. The van der Waals surface area contributed by atoms with Gasteiger partial charge in [0.2, 0.25) is 5.91 Å². The molecule has 0 radical (unpaired) electrons. The molecule has 138 valence electrons. The Bertz CT molecular complexity index is 932. The van der Waals surface area contributed by atoms with Gasteiger partial charge in [-0.15, -0.1) is 11.3 Å². The number of benzene rings is 2. The summed E-state index contributed by atoms with van der Waals surface area (Å²) in [4.78, 5) is 30.5. The molecule has 2 amide bonds. The number of carbonyl (C=O) groups excluding carboxylic acids is 2. The Morgan fingerprint density at radius 3 is 2.70 bits per heavy atom. The molecule has 1 aromatic heterocycles. The van der Waals surface area contributed by atoms with E-state index in [9.17, 15) is 9.59 Å². The summed E-state index contributed by atoms with van der Waals surface area (Å²) in [6, 6.07) is 15.6. The van der Waals surface area contributed by atoms with Gasteiger partial charge in [-0.3, -0.25) is 9.59 Å². The number of amides is 2. The second kappa shape index (κ2) is 7.88. The molecule has 0 atom stereocenters. The lowest BCUT2D eigenvalue weighted by molar-refractivity contribution is -0.128. The average molecular weight is 379 g/mol. The van der Waals surface area contributed by atoms with Crippen LogP contribution in [0.1, 0.15) is 33.8 Å². The van der Waals surface area contributed by atoms with Crippen molar-refractivity contribution in [3.63, 3.8) is 0 Å². The molecule has 5 nitrogen and oxygen atoms in total. The second-order valence-corrected chi connectivity index (χ2v) is 7.81. The van der Waals surface area contributed by atoms with Crippen LogP contribution in [0, 0.1) is 0 Å². The van der Waals surface area contributed by atoms with Gasteiger partial charge in [-0.1, -0.05) is 24.3 Å². The normalized spacial score (nSPS) is 14.1. The van der Waals surface area contributed by atoms with Gasteiger partial charge in [0.05, 0.1) is 15.2 Å². The maximum absolute atomic E-state index is 12.3. The van der Waals surface area contributed by atoms with Gasteiger partial charge < -0.3 is 10.2 Å². The number of hydrogen-bond donors (Lipinski definition) is 1. The van der Waals surface area contributed by atoms with Gasteiger partial charge in [-0.05, 0) is 36.2 Å². The molecule has 0 unspecified atom stereocenters. The van der Waals surface area contributed by atoms with Crippen molar-refractivity contribution in [1.82, 2.24) is 15.2 Å². The first-order chi connectivity index (χ1) is 13.2. The fourth-order valence-electron chi connectivity index (χ4n) is 3.26. The van der Waals surface area contributed by atoms with Crippen LogP contribution in [0.25, 0.3) is 10.2 Å². The van der Waals surface area contributed by atoms with Gasteiger partial charge >= 0.3 is 0 Å². The number of hydrogen-bond acceptors (Lipinski definition) is 4. The fourth-order valence-corrected chi connectivity index (χ4v) is 4.23. The molecule has 1 aliphatic rings. The number of fused-ring (bicyclic) bond motifs is 1. The Hall–Kier alpha value is -2.73. The summed E-state index contributed by atoms with van der Waals surface area (Å²) in [6.45, 7) is 2.01. The molecule has 1 N–H and O–H groups in total. The standard InChI is InChI=1S/C21H21N3O2S/c25-20-6-3-13-24(20)14-15-7-9-16(10-8-15)21(26)22-12-11-19-23-17-4-1-2-5-18(17)27-19/h1-2,4-5,7-10H,3,6,11-14H2,(H,22,26). The third kappa shape index (κ3) is 4.17. The maximum Gasteiger partial charge on any atom is 0.251 e. The average Bonchev–Trinajstić information content (AvgIpc) is 3.28. The Balaban J connectivity index is 1.29. The van der Waals surface area contributed by atoms with Gasteiger partial charge in [0.25, 0.3) is 5.91 Å². The van der Waals surface area contributed by atoms with Crippen molar-refractivity contribution in [2.45, 2.75) is 25.8 Å². The Morgan fingerprint density at radius 1 is 1.15 bits per heavy atom. The molecular weight excluding hydrogens is 358 g/mol. The molecule has 1 fully saturated rings. The predicted molar refractivity (Wildman–Crippen MR) is 107 cm³/mol. The fraction of sp³-hybridized carbons (Fsp3) is 0.286. The second-order valence-electron chi connectivity index (χ2n) is 6.70. The Kier molecular flexibility index (Phi) is 5.16. The number of para-hydroxylation sites is 1. The van der Waals surface area contributed by atoms with Crippen molar-refractivity contribution in [3.05, 3.63) is 64.7 Å². The van der Waals surface area contributed by atoms with E-state index in [0.29, 0.717) is 25.1 Å². The molecule has 0 bridgehead atoms. The molecule has 6 heteroatoms. The van der Waals surface area contributed by atoms with E-state index in [1.807, 2.05) is 47.4 Å². The largest absolute Gasteiger partial charge is 0.352 e. The first kappa shape index (κ1) is 17.7. The van der Waals surface area contributed by atoms with Crippen LogP contribution in [0.2, 0.25) is 0 Å². The number of likely N-dealkylation sites (tertiary alicyclic amines) is 1. The zero-order chi connectivity index (χ0) is 18.6. The van der Waals surface area contributed by atoms with Gasteiger partial charge in [0.1, 0.15) is 0 Å². The van der Waals surface area contributed by atoms with E-state index >= 15 is 0 Å². The Morgan fingerprint density at radius 2 is 1.96 bits per heavy atom. The van der Waals surface area contributed by atoms with Crippen LogP contribution >= 0.6 is 11.3 Å². The van der Waals surface area contributed by atoms with E-state index in [1.165, 1.54) is 4.70 Å². The molecule has 0 aliphatic carbocycles. The van der Waals surface area contributed by atoms with E-state index in [-0.39, 0.29) is 11.8 Å². The minimum atomic E-state index is -0.0834. The Labute approximate surface area is 162 Å². The van der Waals surface area contributed by atoms with Gasteiger partial charge in [-0.2, -0.15) is 0 Å². The van der Waals surface area contributed by atoms with Gasteiger partial charge in [0, 0.05) is 38.0 Å². The van der Waals surface area contributed by atoms with E-state index in [1.54, 1.807) is 11.3 Å². The molecule has 0 saturated carbocycles. The molecule has 2 aromatic carbocycles. The number of nitrogens with one attached hydrogen (secondary N) is 1. The highest BCUT2D eigenvalue weighted by atomic mass is 32.1. The van der Waals surface area contributed by atoms with Gasteiger partial charge in [-0.25, -0.2) is 4.98 Å². The predicted octanol–water partition coefficient (Wildman–Crippen LogP) is 3.39. The van der Waals surface area contributed by atoms with Crippen molar-refractivity contribution in [2.24, 2.45) is 0 Å². The van der Waals surface area contributed by atoms with Crippen LogP contribution in [-0.4, -0.2) is 34.8 Å². The van der Waals surface area contributed by atoms with Crippen LogP contribution in [0.15, 0.2) is 48.5 Å². The number of aromatic nitrogens is 1. The molecule has 2 heterocycles. The minimum Gasteiger partial charge on any atom is -0.352 e. The quantitative estimate of drug-likeness (QED) is 0.714. The van der Waals surface area contributed by atoms with Crippen LogP contribution in [-0.2, 0) is 17.8 Å². The molecule has 0 spiro atoms. The summed E-state index contributed by atoms with van der Waals surface area (Å²) in [7, 11) is 0. The van der Waals surface area contributed by atoms with E-state index in [4.69, 9.17) is 0 Å². The van der Waals surface area contributed by atoms with E-state index in [0.717, 1.165) is 35.5 Å². The van der Waals surface area contributed by atoms with Crippen LogP contribution in [0.5, 0.6) is 0 Å². The van der Waals surface area contributed by atoms with Crippen LogP contribution in [0.3, 0.4) is 0 Å². The highest BCUT2D eigenvalue weighted by Gasteiger charge is 2.20. The summed E-state index contributed by atoms with van der Waals surface area (Å²) < 4.78 is 1.17. The van der Waals surface area contributed by atoms with Crippen molar-refractivity contribution in [3.8, 4) is 0 Å². The zero-order valence-corrected chi connectivity index (χ0v) is 15.8. The lowest BCUT2D eigenvalue weighted by Gasteiger charge is -2.15. The number of nitrogens with zero attached hydrogens (tertiary/aromatic N) is 2. The van der Waals surface area contributed by atoms with Gasteiger partial charge in [0.15, 0.2) is 0 Å². The summed E-state index contributed by atoms with van der Waals surface area (Å²) in [5.74, 6) is 0.131. The molecular formula is C21H21N3O2S. The summed E-state index contributed by atoms with van der Waals surface area (Å²) in [6.07, 6.45) is 2.31. The summed E-state index contributed by atoms with van der Waals surface area (Å²) >= 11 is 1.67. The van der Waals surface area contributed by atoms with Crippen molar-refractivity contribution in [1.29, 1.82) is 0 Å². The highest BCUT2D eigenvalue weighted by Crippen LogP contribution is 2.21. The smallest absolute Gasteiger partial charge is 0.251 e. The number of thiazole rings is 1. The lowest BCUT2D eigenvalue weighted by Crippen LogP contribution is -2.26. The molecule has 27 heavy (non-hydrogen) atoms. The molecule has 4 rings (SSSR count). The lowest BCUT2D eigenvalue weighted by atomic mass is 10.1. The first-order valence-electron chi connectivity index (χ1n) is 9.18. The molecule has 1 saturated heterocycles. The monoisotopic (exact) mass is 379 g/mol. The topological polar surface area (TPSA) is 62.3 Å². The van der Waals surface area contributed by atoms with Crippen molar-refractivity contribution >= 4 is 33.4 Å². The van der Waals surface area contributed by atoms with Crippen molar-refractivity contribution in [2.75, 3.05) is 13.1 Å². The number of rotatable bonds is 6. The summed E-state index contributed by atoms with van der Waals surface area (Å²) in [5.41, 5.74) is 2.70. The maximum atomic E-state index is 12.3. The van der Waals surface area contributed by atoms with E-state index < -0.39 is 0 Å². The first-order valence-corrected chi connectivity index (χ1v) is 10.00. The minimum absolute atomic E-state index is 0.0834. The summed E-state index contributed by atoms with van der Waals surface area (Å²) in [5, 5.41) is 3.98. The molecule has 1 aliphatic heterocycles. The van der Waals surface area contributed by atoms with Crippen molar-refractivity contribution < 1.29 is 9.59 Å². The highest BCUT2D eigenvalue weighted by molar-refractivity contribution is 7.18. The third-order valence-corrected chi connectivity index (χ3v) is 5.82. The van der Waals surface area contributed by atoms with Crippen LogP contribution < -0.4 is 5.32 Å². The van der Waals surface area contributed by atoms with E-state index in [2.05, 4.69) is 16.4 Å². The number of carbonyl (C=O) groups is 2. The third-order valence-electron chi connectivity index (χ3n) is 4.72. The zero-order valence-electron chi connectivity index (χ0n) is 15.0.